The SMILES string of the molecule is CP(C)(=O)N1c2ccccc2C=CC1Nc1nc(Nc2cc(C3CC3)c(N3CCC(N4CCNCC4)CC3)cc2OC2CC2)ncc1Br. The number of hydrogen-bond donors (Lipinski definition) is 3. The number of piperazine rings is 1. The smallest absolute Gasteiger partial charge is 0.229 e. The molecule has 1 atom stereocenters. The first-order chi connectivity index (χ1) is 23.3. The van der Waals surface area contributed by atoms with Gasteiger partial charge < -0.3 is 30.2 Å². The van der Waals surface area contributed by atoms with E-state index < -0.39 is 7.29 Å². The van der Waals surface area contributed by atoms with E-state index in [9.17, 15) is 4.57 Å². The third-order valence-corrected chi connectivity index (χ3v) is 12.2. The summed E-state index contributed by atoms with van der Waals surface area (Å²) in [7, 11) is -2.68. The van der Waals surface area contributed by atoms with Crippen molar-refractivity contribution in [3.05, 3.63) is 64.3 Å². The third kappa shape index (κ3) is 6.97. The van der Waals surface area contributed by atoms with Gasteiger partial charge in [-0.15, -0.1) is 0 Å². The van der Waals surface area contributed by atoms with Crippen molar-refractivity contribution in [2.24, 2.45) is 0 Å². The van der Waals surface area contributed by atoms with Crippen LogP contribution in [-0.2, 0) is 4.57 Å². The maximum absolute atomic E-state index is 13.6. The van der Waals surface area contributed by atoms with Crippen LogP contribution in [0.2, 0.25) is 0 Å². The van der Waals surface area contributed by atoms with Crippen molar-refractivity contribution in [1.29, 1.82) is 0 Å². The van der Waals surface area contributed by atoms with Crippen molar-refractivity contribution in [2.75, 3.05) is 72.8 Å². The van der Waals surface area contributed by atoms with Crippen LogP contribution in [0.1, 0.15) is 55.6 Å². The van der Waals surface area contributed by atoms with Crippen LogP contribution in [0, 0.1) is 0 Å². The molecule has 0 radical (unpaired) electrons. The maximum Gasteiger partial charge on any atom is 0.229 e. The van der Waals surface area contributed by atoms with E-state index in [-0.39, 0.29) is 12.3 Å². The second-order valence-corrected chi connectivity index (χ2v) is 18.0. The van der Waals surface area contributed by atoms with E-state index in [1.807, 2.05) is 35.0 Å². The summed E-state index contributed by atoms with van der Waals surface area (Å²) < 4.78 is 22.8. The number of benzene rings is 2. The van der Waals surface area contributed by atoms with Crippen molar-refractivity contribution < 1.29 is 9.30 Å². The minimum Gasteiger partial charge on any atom is -0.488 e. The number of hydrogen-bond acceptors (Lipinski definition) is 9. The third-order valence-electron chi connectivity index (χ3n) is 10.1. The molecule has 0 amide bonds. The quantitative estimate of drug-likeness (QED) is 0.188. The largest absolute Gasteiger partial charge is 0.488 e. The lowest BCUT2D eigenvalue weighted by molar-refractivity contribution is 0.150. The van der Waals surface area contributed by atoms with Crippen LogP contribution >= 0.6 is 23.2 Å². The molecule has 10 nitrogen and oxygen atoms in total. The number of halogens is 1. The second kappa shape index (κ2) is 13.3. The van der Waals surface area contributed by atoms with E-state index in [1.54, 1.807) is 19.5 Å². The molecule has 4 heterocycles. The Balaban J connectivity index is 1.05. The number of nitrogens with one attached hydrogen (secondary N) is 3. The van der Waals surface area contributed by atoms with Crippen LogP contribution in [0.5, 0.6) is 5.75 Å². The lowest BCUT2D eigenvalue weighted by Crippen LogP contribution is -2.52. The Hall–Kier alpha value is -3.11. The first-order valence-electron chi connectivity index (χ1n) is 17.5. The number of rotatable bonds is 10. The van der Waals surface area contributed by atoms with E-state index in [0.29, 0.717) is 23.7 Å². The van der Waals surface area contributed by atoms with Crippen molar-refractivity contribution in [3.63, 3.8) is 0 Å². The van der Waals surface area contributed by atoms with Gasteiger partial charge in [0, 0.05) is 76.6 Å². The highest BCUT2D eigenvalue weighted by molar-refractivity contribution is 9.10. The molecule has 0 bridgehead atoms. The fraction of sp³-hybridized carbons (Fsp3) is 0.500. The van der Waals surface area contributed by atoms with E-state index in [0.717, 1.165) is 79.3 Å². The molecule has 5 aliphatic rings. The number of anilines is 5. The van der Waals surface area contributed by atoms with Gasteiger partial charge in [0.25, 0.3) is 0 Å². The van der Waals surface area contributed by atoms with Gasteiger partial charge in [-0.25, -0.2) is 4.98 Å². The zero-order chi connectivity index (χ0) is 32.8. The van der Waals surface area contributed by atoms with E-state index in [2.05, 4.69) is 64.9 Å². The Morgan fingerprint density at radius 3 is 2.48 bits per heavy atom. The molecule has 2 aromatic carbocycles. The van der Waals surface area contributed by atoms with E-state index in [1.165, 1.54) is 36.9 Å². The van der Waals surface area contributed by atoms with Crippen LogP contribution < -0.4 is 30.3 Å². The van der Waals surface area contributed by atoms with Crippen molar-refractivity contribution in [3.8, 4) is 5.75 Å². The zero-order valence-electron chi connectivity index (χ0n) is 27.9. The number of para-hydroxylation sites is 1. The van der Waals surface area contributed by atoms with Crippen LogP contribution in [0.15, 0.2) is 53.1 Å². The summed E-state index contributed by atoms with van der Waals surface area (Å²) in [6.07, 6.45) is 12.8. The number of piperidine rings is 1. The molecule has 3 aliphatic heterocycles. The molecule has 2 saturated carbocycles. The van der Waals surface area contributed by atoms with Crippen LogP contribution in [-0.4, -0.2) is 85.8 Å². The maximum atomic E-state index is 13.6. The summed E-state index contributed by atoms with van der Waals surface area (Å²) >= 11 is 3.66. The van der Waals surface area contributed by atoms with Gasteiger partial charge in [0.05, 0.1) is 22.0 Å². The average Bonchev–Trinajstić information content (AvgIpc) is 4.03. The van der Waals surface area contributed by atoms with Gasteiger partial charge in [0.15, 0.2) is 7.29 Å². The summed E-state index contributed by atoms with van der Waals surface area (Å²) in [5.41, 5.74) is 5.64. The first-order valence-corrected chi connectivity index (χ1v) is 20.9. The van der Waals surface area contributed by atoms with Gasteiger partial charge in [0.2, 0.25) is 5.95 Å². The Morgan fingerprint density at radius 2 is 1.75 bits per heavy atom. The molecule has 48 heavy (non-hydrogen) atoms. The molecule has 8 rings (SSSR count). The molecular formula is C36H46BrN8O2P. The first kappa shape index (κ1) is 32.1. The van der Waals surface area contributed by atoms with Crippen molar-refractivity contribution >= 4 is 58.1 Å². The highest BCUT2D eigenvalue weighted by Crippen LogP contribution is 2.51. The zero-order valence-corrected chi connectivity index (χ0v) is 30.3. The molecule has 2 aliphatic carbocycles. The topological polar surface area (TPSA) is 97.9 Å². The fourth-order valence-electron chi connectivity index (χ4n) is 7.38. The van der Waals surface area contributed by atoms with Gasteiger partial charge in [-0.1, -0.05) is 24.3 Å². The summed E-state index contributed by atoms with van der Waals surface area (Å²) in [5.74, 6) is 2.56. The lowest BCUT2D eigenvalue weighted by Gasteiger charge is -2.41. The van der Waals surface area contributed by atoms with E-state index >= 15 is 0 Å². The molecular weight excluding hydrogens is 687 g/mol. The van der Waals surface area contributed by atoms with Crippen LogP contribution in [0.25, 0.3) is 6.08 Å². The molecule has 3 aromatic rings. The van der Waals surface area contributed by atoms with E-state index in [4.69, 9.17) is 9.72 Å². The number of ether oxygens (including phenoxy) is 1. The molecule has 1 aromatic heterocycles. The summed E-state index contributed by atoms with van der Waals surface area (Å²) in [5, 5.41) is 10.6. The average molecular weight is 734 g/mol. The van der Waals surface area contributed by atoms with Gasteiger partial charge in [-0.2, -0.15) is 4.98 Å². The predicted octanol–water partition coefficient (Wildman–Crippen LogP) is 7.08. The molecule has 0 spiro atoms. The molecule has 2 saturated heterocycles. The summed E-state index contributed by atoms with van der Waals surface area (Å²) in [4.78, 5) is 14.9. The fourth-order valence-corrected chi connectivity index (χ4v) is 9.12. The Kier molecular flexibility index (Phi) is 8.90. The van der Waals surface area contributed by atoms with Crippen LogP contribution in [0.3, 0.4) is 0 Å². The predicted molar refractivity (Wildman–Crippen MR) is 200 cm³/mol. The minimum absolute atomic E-state index is 0.261. The monoisotopic (exact) mass is 732 g/mol. The molecule has 12 heteroatoms. The lowest BCUT2D eigenvalue weighted by atomic mass is 9.99. The highest BCUT2D eigenvalue weighted by atomic mass is 79.9. The summed E-state index contributed by atoms with van der Waals surface area (Å²) in [6.45, 7) is 10.3. The minimum atomic E-state index is -2.68. The van der Waals surface area contributed by atoms with Crippen molar-refractivity contribution in [1.82, 2.24) is 20.2 Å². The summed E-state index contributed by atoms with van der Waals surface area (Å²) in [6, 6.07) is 13.3. The Morgan fingerprint density at radius 1 is 0.979 bits per heavy atom. The number of fused-ring (bicyclic) bond motifs is 1. The normalized spacial score (nSPS) is 22.0. The van der Waals surface area contributed by atoms with Crippen LogP contribution in [0.4, 0.5) is 28.8 Å². The van der Waals surface area contributed by atoms with Gasteiger partial charge in [-0.05, 0) is 89.7 Å². The number of nitrogens with zero attached hydrogens (tertiary/aromatic N) is 5. The molecule has 1 unspecified atom stereocenters. The standard InChI is InChI=1S/C36H46BrN8O2P/c1-48(2,46)45-31-6-4-3-5-25(31)9-12-34(45)41-35-29(37)23-39-36(42-35)40-30-21-28(24-7-8-24)32(22-33(30)47-27-10-11-27)44-17-13-26(14-18-44)43-19-15-38-16-20-43/h3-6,9,12,21-24,26-27,34,38H,7-8,10-11,13-20H2,1-2H3,(H2,39,40,41,42). The second-order valence-electron chi connectivity index (χ2n) is 14.2. The molecule has 3 N–H and O–H groups in total. The van der Waals surface area contributed by atoms with Gasteiger partial charge >= 0.3 is 0 Å². The highest BCUT2D eigenvalue weighted by Gasteiger charge is 2.34. The Bertz CT molecular complexity index is 1730. The van der Waals surface area contributed by atoms with Gasteiger partial charge in [0.1, 0.15) is 17.7 Å². The Labute approximate surface area is 292 Å². The molecule has 4 fully saturated rings. The van der Waals surface area contributed by atoms with Gasteiger partial charge in [-0.3, -0.25) is 9.57 Å². The van der Waals surface area contributed by atoms with Crippen molar-refractivity contribution in [2.45, 2.75) is 62.8 Å². The molecule has 254 valence electrons. The number of aromatic nitrogens is 2.